The molecule has 8 nitrogen and oxygen atoms in total. The van der Waals surface area contributed by atoms with E-state index in [9.17, 15) is 31.7 Å². The third-order valence-corrected chi connectivity index (χ3v) is 4.42. The van der Waals surface area contributed by atoms with Crippen LogP contribution in [0.2, 0.25) is 0 Å². The second-order valence-electron chi connectivity index (χ2n) is 4.87. The molecule has 0 aliphatic heterocycles. The van der Waals surface area contributed by atoms with E-state index in [4.69, 9.17) is 21.4 Å². The van der Waals surface area contributed by atoms with Gasteiger partial charge in [-0.2, -0.15) is 13.2 Å². The number of benzene rings is 1. The molecule has 0 fully saturated rings. The maximum absolute atomic E-state index is 12.3. The summed E-state index contributed by atoms with van der Waals surface area (Å²) < 4.78 is 59.5. The van der Waals surface area contributed by atoms with E-state index in [2.05, 4.69) is 4.36 Å². The van der Waals surface area contributed by atoms with E-state index in [1.807, 2.05) is 0 Å². The lowest BCUT2D eigenvalue weighted by Gasteiger charge is -2.16. The Morgan fingerprint density at radius 1 is 1.27 bits per heavy atom. The van der Waals surface area contributed by atoms with E-state index in [0.717, 1.165) is 0 Å². The SMILES string of the molecule is CS(=O)(=NC(N)=O)c1ccc([C@@H](O)[C@H](N)CF)cc1.O=C(O)C(F)(F)F. The number of carbonyl (C=O) groups excluding carboxylic acids is 1. The number of carboxylic acid groups (broad SMARTS) is 1. The predicted molar refractivity (Wildman–Crippen MR) is 83.4 cm³/mol. The Kier molecular flexibility index (Phi) is 8.63. The van der Waals surface area contributed by atoms with Crippen LogP contribution in [0.3, 0.4) is 0 Å². The summed E-state index contributed by atoms with van der Waals surface area (Å²) in [7, 11) is -2.91. The van der Waals surface area contributed by atoms with Gasteiger partial charge in [0.15, 0.2) is 0 Å². The number of urea groups is 1. The highest BCUT2D eigenvalue weighted by molar-refractivity contribution is 7.93. The minimum absolute atomic E-state index is 0.288. The van der Waals surface area contributed by atoms with Crippen LogP contribution in [-0.4, -0.2) is 51.6 Å². The topological polar surface area (TPSA) is 156 Å². The average molecular weight is 403 g/mol. The molecule has 13 heteroatoms. The summed E-state index contributed by atoms with van der Waals surface area (Å²) in [6, 6.07) is 3.73. The molecule has 0 saturated carbocycles. The van der Waals surface area contributed by atoms with Crippen molar-refractivity contribution in [3.63, 3.8) is 0 Å². The molecule has 0 aliphatic rings. The number of carbonyl (C=O) groups is 2. The monoisotopic (exact) mass is 403 g/mol. The van der Waals surface area contributed by atoms with Gasteiger partial charge in [-0.1, -0.05) is 12.1 Å². The molecule has 0 bridgehead atoms. The van der Waals surface area contributed by atoms with Gasteiger partial charge >= 0.3 is 18.2 Å². The standard InChI is InChI=1S/C11H16FN3O3S.C2HF3O2/c1-19(18,15-11(14)17)8-4-2-7(3-5-8)10(16)9(13)6-12;3-2(4,5)1(6)7/h2-5,9-10,16H,6,13H2,1H3,(H2,14,17);(H,6,7)/t9-,10-,19?;/m1./s1. The van der Waals surface area contributed by atoms with Crippen molar-refractivity contribution in [3.8, 4) is 0 Å². The molecule has 0 aromatic heterocycles. The summed E-state index contributed by atoms with van der Waals surface area (Å²) in [6.45, 7) is -0.857. The molecule has 0 spiro atoms. The zero-order valence-electron chi connectivity index (χ0n) is 13.3. The van der Waals surface area contributed by atoms with E-state index in [-0.39, 0.29) is 4.90 Å². The number of aliphatic carboxylic acids is 1. The summed E-state index contributed by atoms with van der Waals surface area (Å²) in [6.07, 6.45) is -4.96. The molecular formula is C13H17F4N3O5S. The number of hydrogen-bond donors (Lipinski definition) is 4. The number of aliphatic hydroxyl groups is 1. The summed E-state index contributed by atoms with van der Waals surface area (Å²) in [5, 5.41) is 16.8. The van der Waals surface area contributed by atoms with Gasteiger partial charge in [-0.25, -0.2) is 18.2 Å². The van der Waals surface area contributed by atoms with Gasteiger partial charge in [0, 0.05) is 11.2 Å². The molecule has 3 atom stereocenters. The minimum atomic E-state index is -5.08. The van der Waals surface area contributed by atoms with Crippen LogP contribution in [0.15, 0.2) is 33.5 Å². The molecule has 1 aromatic carbocycles. The molecule has 2 amide bonds. The number of amides is 2. The smallest absolute Gasteiger partial charge is 0.475 e. The molecule has 1 rings (SSSR count). The number of primary amides is 1. The third-order valence-electron chi connectivity index (χ3n) is 2.75. The van der Waals surface area contributed by atoms with Crippen LogP contribution in [0.4, 0.5) is 22.4 Å². The fourth-order valence-corrected chi connectivity index (χ4v) is 2.56. The lowest BCUT2D eigenvalue weighted by atomic mass is 10.0. The van der Waals surface area contributed by atoms with Crippen molar-refractivity contribution >= 4 is 21.7 Å². The van der Waals surface area contributed by atoms with Gasteiger partial charge in [-0.05, 0) is 17.7 Å². The van der Waals surface area contributed by atoms with Gasteiger partial charge in [0.2, 0.25) is 0 Å². The van der Waals surface area contributed by atoms with Crippen molar-refractivity contribution in [2.45, 2.75) is 23.2 Å². The van der Waals surface area contributed by atoms with Crippen molar-refractivity contribution in [1.82, 2.24) is 0 Å². The first-order valence-electron chi connectivity index (χ1n) is 6.63. The average Bonchev–Trinajstić information content (AvgIpc) is 2.52. The second-order valence-corrected chi connectivity index (χ2v) is 7.13. The summed E-state index contributed by atoms with van der Waals surface area (Å²) in [5.74, 6) is -2.76. The van der Waals surface area contributed by atoms with Gasteiger partial charge in [0.25, 0.3) is 0 Å². The van der Waals surface area contributed by atoms with E-state index in [1.54, 1.807) is 0 Å². The Bertz CT molecular complexity index is 745. The van der Waals surface area contributed by atoms with Gasteiger partial charge in [-0.15, -0.1) is 4.36 Å². The number of alkyl halides is 4. The Hall–Kier alpha value is -2.25. The number of halogens is 4. The molecule has 0 aliphatic carbocycles. The van der Waals surface area contributed by atoms with E-state index >= 15 is 0 Å². The van der Waals surface area contributed by atoms with Crippen molar-refractivity contribution in [2.75, 3.05) is 12.9 Å². The van der Waals surface area contributed by atoms with Crippen LogP contribution in [-0.2, 0) is 14.5 Å². The van der Waals surface area contributed by atoms with Crippen molar-refractivity contribution in [2.24, 2.45) is 15.8 Å². The normalized spacial score (nSPS) is 15.7. The highest BCUT2D eigenvalue weighted by Gasteiger charge is 2.38. The van der Waals surface area contributed by atoms with Gasteiger partial charge in [-0.3, -0.25) is 0 Å². The van der Waals surface area contributed by atoms with Gasteiger partial charge in [0.1, 0.15) is 6.67 Å². The minimum Gasteiger partial charge on any atom is -0.475 e. The highest BCUT2D eigenvalue weighted by Crippen LogP contribution is 2.19. The molecule has 0 radical (unpaired) electrons. The van der Waals surface area contributed by atoms with Crippen molar-refractivity contribution in [1.29, 1.82) is 0 Å². The summed E-state index contributed by atoms with van der Waals surface area (Å²) >= 11 is 0. The van der Waals surface area contributed by atoms with Crippen LogP contribution in [0.5, 0.6) is 0 Å². The van der Waals surface area contributed by atoms with Gasteiger partial charge < -0.3 is 21.7 Å². The van der Waals surface area contributed by atoms with Crippen LogP contribution in [0.1, 0.15) is 11.7 Å². The van der Waals surface area contributed by atoms with Crippen LogP contribution < -0.4 is 11.5 Å². The number of nitrogens with zero attached hydrogens (tertiary/aromatic N) is 1. The quantitative estimate of drug-likeness (QED) is 0.553. The van der Waals surface area contributed by atoms with Crippen molar-refractivity contribution < 1.29 is 41.6 Å². The van der Waals surface area contributed by atoms with Crippen molar-refractivity contribution in [3.05, 3.63) is 29.8 Å². The van der Waals surface area contributed by atoms with E-state index in [0.29, 0.717) is 5.56 Å². The number of rotatable bonds is 4. The largest absolute Gasteiger partial charge is 0.490 e. The van der Waals surface area contributed by atoms with Crippen LogP contribution >= 0.6 is 0 Å². The molecule has 0 saturated heterocycles. The Morgan fingerprint density at radius 3 is 2.00 bits per heavy atom. The first-order chi connectivity index (χ1) is 11.7. The van der Waals surface area contributed by atoms with Crippen LogP contribution in [0.25, 0.3) is 0 Å². The predicted octanol–water partition coefficient (Wildman–Crippen LogP) is 1.19. The fourth-order valence-electron chi connectivity index (χ4n) is 1.47. The number of hydrogen-bond acceptors (Lipinski definition) is 5. The molecule has 1 aromatic rings. The molecule has 0 heterocycles. The van der Waals surface area contributed by atoms with E-state index < -0.39 is 46.7 Å². The lowest BCUT2D eigenvalue weighted by molar-refractivity contribution is -0.192. The molecular weight excluding hydrogens is 386 g/mol. The summed E-state index contributed by atoms with van der Waals surface area (Å²) in [4.78, 5) is 19.9. The van der Waals surface area contributed by atoms with E-state index in [1.165, 1.54) is 30.5 Å². The first kappa shape index (κ1) is 23.8. The maximum atomic E-state index is 12.3. The number of carboxylic acids is 1. The Morgan fingerprint density at radius 2 is 1.69 bits per heavy atom. The Balaban J connectivity index is 0.000000758. The fraction of sp³-hybridized carbons (Fsp3) is 0.385. The first-order valence-corrected chi connectivity index (χ1v) is 8.56. The molecule has 26 heavy (non-hydrogen) atoms. The molecule has 6 N–H and O–H groups in total. The number of nitrogens with two attached hydrogens (primary N) is 2. The molecule has 1 unspecified atom stereocenters. The third kappa shape index (κ3) is 7.76. The molecule has 148 valence electrons. The zero-order valence-corrected chi connectivity index (χ0v) is 14.1. The zero-order chi connectivity index (χ0) is 20.7. The van der Waals surface area contributed by atoms with Crippen LogP contribution in [0, 0.1) is 0 Å². The Labute approximate surface area is 146 Å². The maximum Gasteiger partial charge on any atom is 0.490 e. The summed E-state index contributed by atoms with van der Waals surface area (Å²) in [5.41, 5.74) is 10.6. The lowest BCUT2D eigenvalue weighted by Crippen LogP contribution is -2.30. The second kappa shape index (κ2) is 9.45. The van der Waals surface area contributed by atoms with Gasteiger partial charge in [0.05, 0.1) is 21.9 Å². The number of aliphatic hydroxyl groups excluding tert-OH is 1. The highest BCUT2D eigenvalue weighted by atomic mass is 32.2.